The molecule has 1 unspecified atom stereocenters. The highest BCUT2D eigenvalue weighted by Crippen LogP contribution is 2.22. The predicted molar refractivity (Wildman–Crippen MR) is 91.9 cm³/mol. The molecule has 1 aliphatic heterocycles. The Hall–Kier alpha value is -1.54. The fourth-order valence-electron chi connectivity index (χ4n) is 3.35. The van der Waals surface area contributed by atoms with E-state index in [0.717, 1.165) is 0 Å². The molecule has 2 heteroatoms. The largest absolute Gasteiger partial charge is 0.382 e. The van der Waals surface area contributed by atoms with Gasteiger partial charge in [0, 0.05) is 18.3 Å². The average molecular weight is 282 g/mol. The Bertz CT molecular complexity index is 579. The summed E-state index contributed by atoms with van der Waals surface area (Å²) in [6.07, 6.45) is 5.12. The van der Waals surface area contributed by atoms with Gasteiger partial charge in [-0.15, -0.1) is 0 Å². The van der Waals surface area contributed by atoms with Crippen LogP contribution in [0.2, 0.25) is 0 Å². The highest BCUT2D eigenvalue weighted by molar-refractivity contribution is 5.85. The lowest BCUT2D eigenvalue weighted by Crippen LogP contribution is -2.27. The Morgan fingerprint density at radius 3 is 2.76 bits per heavy atom. The third-order valence-electron chi connectivity index (χ3n) is 4.48. The van der Waals surface area contributed by atoms with Crippen molar-refractivity contribution in [2.45, 2.75) is 38.6 Å². The van der Waals surface area contributed by atoms with Gasteiger partial charge in [-0.05, 0) is 61.7 Å². The van der Waals surface area contributed by atoms with Gasteiger partial charge >= 0.3 is 0 Å². The van der Waals surface area contributed by atoms with Crippen LogP contribution in [0.1, 0.15) is 32.6 Å². The van der Waals surface area contributed by atoms with Crippen molar-refractivity contribution in [2.75, 3.05) is 25.0 Å². The molecule has 0 aliphatic carbocycles. The van der Waals surface area contributed by atoms with Gasteiger partial charge in [0.05, 0.1) is 0 Å². The van der Waals surface area contributed by atoms with Crippen LogP contribution in [-0.2, 0) is 0 Å². The van der Waals surface area contributed by atoms with Gasteiger partial charge < -0.3 is 10.2 Å². The van der Waals surface area contributed by atoms with E-state index in [4.69, 9.17) is 0 Å². The highest BCUT2D eigenvalue weighted by Gasteiger charge is 2.16. The molecule has 0 aromatic heterocycles. The molecule has 1 atom stereocenters. The van der Waals surface area contributed by atoms with E-state index >= 15 is 0 Å². The number of fused-ring (bicyclic) bond motifs is 1. The summed E-state index contributed by atoms with van der Waals surface area (Å²) in [5.41, 5.74) is 1.27. The number of anilines is 1. The number of hydrogen-bond acceptors (Lipinski definition) is 2. The normalized spacial score (nSPS) is 20.3. The van der Waals surface area contributed by atoms with Gasteiger partial charge in [-0.2, -0.15) is 0 Å². The van der Waals surface area contributed by atoms with E-state index in [1.165, 1.54) is 61.8 Å². The van der Waals surface area contributed by atoms with Crippen LogP contribution in [0, 0.1) is 0 Å². The van der Waals surface area contributed by atoms with Crippen LogP contribution >= 0.6 is 0 Å². The van der Waals surface area contributed by atoms with Gasteiger partial charge in [-0.25, -0.2) is 0 Å². The molecule has 1 N–H and O–H groups in total. The Labute approximate surface area is 128 Å². The monoisotopic (exact) mass is 282 g/mol. The predicted octanol–water partition coefficient (Wildman–Crippen LogP) is 4.52. The molecular weight excluding hydrogens is 256 g/mol. The minimum absolute atomic E-state index is 0.619. The van der Waals surface area contributed by atoms with Gasteiger partial charge in [0.25, 0.3) is 0 Å². The van der Waals surface area contributed by atoms with Gasteiger partial charge in [0.15, 0.2) is 0 Å². The summed E-state index contributed by atoms with van der Waals surface area (Å²) in [4.78, 5) is 2.61. The summed E-state index contributed by atoms with van der Waals surface area (Å²) in [7, 11) is 0. The van der Waals surface area contributed by atoms with Crippen molar-refractivity contribution in [1.29, 1.82) is 0 Å². The van der Waals surface area contributed by atoms with E-state index < -0.39 is 0 Å². The zero-order valence-corrected chi connectivity index (χ0v) is 13.0. The van der Waals surface area contributed by atoms with E-state index in [9.17, 15) is 0 Å². The molecule has 1 aliphatic rings. The molecule has 1 saturated heterocycles. The molecule has 0 saturated carbocycles. The van der Waals surface area contributed by atoms with Crippen molar-refractivity contribution >= 4 is 16.5 Å². The first-order valence-electron chi connectivity index (χ1n) is 8.33. The molecule has 1 heterocycles. The fourth-order valence-corrected chi connectivity index (χ4v) is 3.35. The number of rotatable bonds is 4. The minimum Gasteiger partial charge on any atom is -0.382 e. The van der Waals surface area contributed by atoms with E-state index in [1.54, 1.807) is 0 Å². The van der Waals surface area contributed by atoms with Crippen LogP contribution in [0.25, 0.3) is 10.8 Å². The second kappa shape index (κ2) is 6.95. The first-order valence-corrected chi connectivity index (χ1v) is 8.33. The quantitative estimate of drug-likeness (QED) is 0.887. The second-order valence-electron chi connectivity index (χ2n) is 6.18. The lowest BCUT2D eigenvalue weighted by atomic mass is 10.1. The minimum atomic E-state index is 0.619. The van der Waals surface area contributed by atoms with Crippen molar-refractivity contribution in [2.24, 2.45) is 0 Å². The number of nitrogens with zero attached hydrogens (tertiary/aromatic N) is 1. The van der Waals surface area contributed by atoms with Crippen molar-refractivity contribution in [3.05, 3.63) is 42.5 Å². The number of nitrogens with one attached hydrogen (secondary N) is 1. The van der Waals surface area contributed by atoms with Gasteiger partial charge in [-0.1, -0.05) is 37.3 Å². The summed E-state index contributed by atoms with van der Waals surface area (Å²) in [5, 5.41) is 6.39. The van der Waals surface area contributed by atoms with E-state index in [0.29, 0.717) is 6.04 Å². The molecule has 0 amide bonds. The fraction of sp³-hybridized carbons (Fsp3) is 0.474. The Morgan fingerprint density at radius 1 is 1.05 bits per heavy atom. The molecule has 0 spiro atoms. The Balaban J connectivity index is 1.64. The van der Waals surface area contributed by atoms with Crippen LogP contribution in [0.4, 0.5) is 5.69 Å². The standard InChI is InChI=1S/C19H26N2/c1-2-12-21-13-5-8-18(11-14-21)20-19-10-9-16-6-3-4-7-17(16)15-19/h3-4,6-7,9-10,15,18,20H,2,5,8,11-14H2,1H3. The lowest BCUT2D eigenvalue weighted by molar-refractivity contribution is 0.285. The molecule has 0 radical (unpaired) electrons. The third kappa shape index (κ3) is 3.76. The van der Waals surface area contributed by atoms with E-state index in [-0.39, 0.29) is 0 Å². The van der Waals surface area contributed by atoms with Gasteiger partial charge in [-0.3, -0.25) is 0 Å². The van der Waals surface area contributed by atoms with Gasteiger partial charge in [0.2, 0.25) is 0 Å². The maximum absolute atomic E-state index is 3.75. The first kappa shape index (κ1) is 14.4. The molecular formula is C19H26N2. The third-order valence-corrected chi connectivity index (χ3v) is 4.48. The number of hydrogen-bond donors (Lipinski definition) is 1. The summed E-state index contributed by atoms with van der Waals surface area (Å²) in [6.45, 7) is 6.03. The van der Waals surface area contributed by atoms with Crippen molar-refractivity contribution in [3.63, 3.8) is 0 Å². The van der Waals surface area contributed by atoms with Gasteiger partial charge in [0.1, 0.15) is 0 Å². The lowest BCUT2D eigenvalue weighted by Gasteiger charge is -2.20. The Kier molecular flexibility index (Phi) is 4.76. The summed E-state index contributed by atoms with van der Waals surface area (Å²) in [6, 6.07) is 15.9. The molecule has 112 valence electrons. The first-order chi connectivity index (χ1) is 10.3. The summed E-state index contributed by atoms with van der Waals surface area (Å²) >= 11 is 0. The highest BCUT2D eigenvalue weighted by atomic mass is 15.1. The Morgan fingerprint density at radius 2 is 1.90 bits per heavy atom. The van der Waals surface area contributed by atoms with E-state index in [1.807, 2.05) is 0 Å². The zero-order valence-electron chi connectivity index (χ0n) is 13.0. The number of benzene rings is 2. The summed E-state index contributed by atoms with van der Waals surface area (Å²) in [5.74, 6) is 0. The average Bonchev–Trinajstić information content (AvgIpc) is 2.73. The summed E-state index contributed by atoms with van der Waals surface area (Å²) < 4.78 is 0. The van der Waals surface area contributed by atoms with Crippen molar-refractivity contribution < 1.29 is 0 Å². The zero-order chi connectivity index (χ0) is 14.5. The molecule has 2 aromatic rings. The van der Waals surface area contributed by atoms with Crippen LogP contribution in [0.5, 0.6) is 0 Å². The smallest absolute Gasteiger partial charge is 0.0348 e. The topological polar surface area (TPSA) is 15.3 Å². The second-order valence-corrected chi connectivity index (χ2v) is 6.18. The molecule has 0 bridgehead atoms. The van der Waals surface area contributed by atoms with E-state index in [2.05, 4.69) is 59.6 Å². The molecule has 3 rings (SSSR count). The van der Waals surface area contributed by atoms with Crippen LogP contribution in [-0.4, -0.2) is 30.6 Å². The van der Waals surface area contributed by atoms with Crippen LogP contribution in [0.3, 0.4) is 0 Å². The maximum atomic E-state index is 3.75. The molecule has 1 fully saturated rings. The molecule has 2 aromatic carbocycles. The van der Waals surface area contributed by atoms with Crippen LogP contribution in [0.15, 0.2) is 42.5 Å². The number of likely N-dealkylation sites (tertiary alicyclic amines) is 1. The SMILES string of the molecule is CCCN1CCCC(Nc2ccc3ccccc3c2)CC1. The van der Waals surface area contributed by atoms with Crippen molar-refractivity contribution in [1.82, 2.24) is 4.90 Å². The van der Waals surface area contributed by atoms with Crippen molar-refractivity contribution in [3.8, 4) is 0 Å². The molecule has 2 nitrogen and oxygen atoms in total. The molecule has 21 heavy (non-hydrogen) atoms. The van der Waals surface area contributed by atoms with Crippen LogP contribution < -0.4 is 5.32 Å². The maximum Gasteiger partial charge on any atom is 0.0348 e.